The largest absolute Gasteiger partial charge is 0.365 e. The molecule has 2 aromatic heterocycles. The van der Waals surface area contributed by atoms with E-state index in [-0.39, 0.29) is 0 Å². The first-order valence-electron chi connectivity index (χ1n) is 7.00. The Morgan fingerprint density at radius 2 is 1.95 bits per heavy atom. The molecule has 3 N–H and O–H groups in total. The Morgan fingerprint density at radius 1 is 1.21 bits per heavy atom. The van der Waals surface area contributed by atoms with Crippen molar-refractivity contribution in [3.8, 4) is 0 Å². The predicted octanol–water partition coefficient (Wildman–Crippen LogP) is 2.00. The van der Waals surface area contributed by atoms with E-state index in [2.05, 4.69) is 30.6 Å². The minimum Gasteiger partial charge on any atom is -0.365 e. The molecule has 0 aromatic carbocycles. The average Bonchev–Trinajstić information content (AvgIpc) is 3.33. The van der Waals surface area contributed by atoms with Crippen LogP contribution >= 0.6 is 0 Å². The lowest BCUT2D eigenvalue weighted by Gasteiger charge is -2.18. The average molecular weight is 258 g/mol. The Hall–Kier alpha value is -1.85. The summed E-state index contributed by atoms with van der Waals surface area (Å²) in [6, 6.07) is 0.575. The van der Waals surface area contributed by atoms with E-state index in [1.54, 1.807) is 6.33 Å². The fourth-order valence-electron chi connectivity index (χ4n) is 2.74. The summed E-state index contributed by atoms with van der Waals surface area (Å²) in [7, 11) is 1.83. The maximum Gasteiger partial charge on any atom is 0.226 e. The van der Waals surface area contributed by atoms with Crippen molar-refractivity contribution in [1.29, 1.82) is 0 Å². The SMILES string of the molecule is CNc1nc(NC(C2CC2)C2CC2)c2[nH]cnc2n1. The number of aromatic nitrogens is 4. The van der Waals surface area contributed by atoms with E-state index in [1.165, 1.54) is 25.7 Å². The second-order valence-electron chi connectivity index (χ2n) is 5.59. The van der Waals surface area contributed by atoms with Gasteiger partial charge in [0.2, 0.25) is 5.95 Å². The number of fused-ring (bicyclic) bond motifs is 1. The third kappa shape index (κ3) is 2.01. The number of hydrogen-bond acceptors (Lipinski definition) is 5. The number of nitrogens with zero attached hydrogens (tertiary/aromatic N) is 3. The summed E-state index contributed by atoms with van der Waals surface area (Å²) < 4.78 is 0. The highest BCUT2D eigenvalue weighted by molar-refractivity contribution is 5.83. The molecular weight excluding hydrogens is 240 g/mol. The van der Waals surface area contributed by atoms with E-state index in [0.717, 1.165) is 23.2 Å². The van der Waals surface area contributed by atoms with Crippen molar-refractivity contribution in [1.82, 2.24) is 19.9 Å². The summed E-state index contributed by atoms with van der Waals surface area (Å²) in [5.41, 5.74) is 1.62. The molecule has 2 heterocycles. The molecule has 2 aromatic rings. The van der Waals surface area contributed by atoms with Gasteiger partial charge in [-0.15, -0.1) is 0 Å². The maximum absolute atomic E-state index is 4.55. The van der Waals surface area contributed by atoms with Crippen LogP contribution in [0.5, 0.6) is 0 Å². The summed E-state index contributed by atoms with van der Waals surface area (Å²) in [4.78, 5) is 16.3. The van der Waals surface area contributed by atoms with Gasteiger partial charge in [-0.3, -0.25) is 0 Å². The lowest BCUT2D eigenvalue weighted by atomic mass is 10.1. The molecule has 2 aliphatic rings. The Bertz CT molecular complexity index is 586. The standard InChI is InChI=1S/C13H18N6/c1-14-13-18-11-10(15-6-16-11)12(19-13)17-9(7-2-3-7)8-4-5-8/h6-9H,2-5H2,1H3,(H3,14,15,16,17,18,19). The molecule has 0 saturated heterocycles. The van der Waals surface area contributed by atoms with Crippen LogP contribution < -0.4 is 10.6 Å². The van der Waals surface area contributed by atoms with Crippen molar-refractivity contribution >= 4 is 22.9 Å². The Balaban J connectivity index is 1.70. The molecule has 19 heavy (non-hydrogen) atoms. The van der Waals surface area contributed by atoms with Crippen molar-refractivity contribution in [3.63, 3.8) is 0 Å². The number of H-pyrrole nitrogens is 1. The van der Waals surface area contributed by atoms with Gasteiger partial charge in [-0.2, -0.15) is 9.97 Å². The number of aromatic amines is 1. The van der Waals surface area contributed by atoms with Gasteiger partial charge < -0.3 is 15.6 Å². The Kier molecular flexibility index (Phi) is 2.36. The molecule has 4 rings (SSSR count). The molecule has 0 atom stereocenters. The first-order valence-corrected chi connectivity index (χ1v) is 7.00. The summed E-state index contributed by atoms with van der Waals surface area (Å²) in [6.07, 6.45) is 7.08. The highest BCUT2D eigenvalue weighted by Crippen LogP contribution is 2.46. The number of imidazole rings is 1. The van der Waals surface area contributed by atoms with Gasteiger partial charge >= 0.3 is 0 Å². The van der Waals surface area contributed by atoms with Crippen LogP contribution in [-0.2, 0) is 0 Å². The van der Waals surface area contributed by atoms with Gasteiger partial charge in [0.25, 0.3) is 0 Å². The van der Waals surface area contributed by atoms with Crippen LogP contribution in [0.15, 0.2) is 6.33 Å². The van der Waals surface area contributed by atoms with E-state index in [1.807, 2.05) is 7.05 Å². The Morgan fingerprint density at radius 3 is 2.58 bits per heavy atom. The van der Waals surface area contributed by atoms with Gasteiger partial charge in [-0.1, -0.05) is 0 Å². The van der Waals surface area contributed by atoms with E-state index >= 15 is 0 Å². The third-order valence-corrected chi connectivity index (χ3v) is 4.07. The number of rotatable bonds is 5. The van der Waals surface area contributed by atoms with Crippen LogP contribution in [0.25, 0.3) is 11.2 Å². The lowest BCUT2D eigenvalue weighted by molar-refractivity contribution is 0.566. The van der Waals surface area contributed by atoms with E-state index in [4.69, 9.17) is 0 Å². The molecule has 0 amide bonds. The summed E-state index contributed by atoms with van der Waals surface area (Å²) in [6.45, 7) is 0. The normalized spacial score (nSPS) is 19.1. The van der Waals surface area contributed by atoms with Crippen molar-refractivity contribution in [3.05, 3.63) is 6.33 Å². The van der Waals surface area contributed by atoms with Crippen molar-refractivity contribution in [2.24, 2.45) is 11.8 Å². The number of hydrogen-bond donors (Lipinski definition) is 3. The zero-order valence-corrected chi connectivity index (χ0v) is 11.0. The maximum atomic E-state index is 4.55. The second kappa shape index (κ2) is 4.08. The summed E-state index contributed by atoms with van der Waals surface area (Å²) >= 11 is 0. The zero-order valence-electron chi connectivity index (χ0n) is 11.0. The van der Waals surface area contributed by atoms with Crippen LogP contribution in [-0.4, -0.2) is 33.0 Å². The van der Waals surface area contributed by atoms with Crippen LogP contribution in [0.4, 0.5) is 11.8 Å². The molecule has 0 spiro atoms. The van der Waals surface area contributed by atoms with Crippen LogP contribution in [0.2, 0.25) is 0 Å². The first-order chi connectivity index (χ1) is 9.35. The fourth-order valence-corrected chi connectivity index (χ4v) is 2.74. The van der Waals surface area contributed by atoms with Crippen LogP contribution in [0.3, 0.4) is 0 Å². The van der Waals surface area contributed by atoms with Gasteiger partial charge in [0.05, 0.1) is 6.33 Å². The monoisotopic (exact) mass is 258 g/mol. The van der Waals surface area contributed by atoms with Gasteiger partial charge in [0, 0.05) is 13.1 Å². The molecule has 0 radical (unpaired) electrons. The smallest absolute Gasteiger partial charge is 0.226 e. The molecule has 0 bridgehead atoms. The first kappa shape index (κ1) is 11.0. The molecule has 6 heteroatoms. The van der Waals surface area contributed by atoms with Gasteiger partial charge in [-0.25, -0.2) is 4.98 Å². The lowest BCUT2D eigenvalue weighted by Crippen LogP contribution is -2.25. The van der Waals surface area contributed by atoms with Crippen LogP contribution in [0, 0.1) is 11.8 Å². The molecule has 2 aliphatic carbocycles. The molecular formula is C13H18N6. The second-order valence-corrected chi connectivity index (χ2v) is 5.59. The minimum atomic E-state index is 0.575. The van der Waals surface area contributed by atoms with Crippen molar-refractivity contribution in [2.75, 3.05) is 17.7 Å². The van der Waals surface area contributed by atoms with E-state index < -0.39 is 0 Å². The summed E-state index contributed by atoms with van der Waals surface area (Å²) in [5, 5.41) is 6.64. The van der Waals surface area contributed by atoms with Crippen molar-refractivity contribution in [2.45, 2.75) is 31.7 Å². The molecule has 0 unspecified atom stereocenters. The van der Waals surface area contributed by atoms with Crippen LogP contribution in [0.1, 0.15) is 25.7 Å². The topological polar surface area (TPSA) is 78.5 Å². The van der Waals surface area contributed by atoms with Gasteiger partial charge in [0.1, 0.15) is 5.52 Å². The van der Waals surface area contributed by atoms with Gasteiger partial charge in [-0.05, 0) is 37.5 Å². The fraction of sp³-hybridized carbons (Fsp3) is 0.615. The molecule has 6 nitrogen and oxygen atoms in total. The van der Waals surface area contributed by atoms with E-state index in [0.29, 0.717) is 17.6 Å². The molecule has 2 saturated carbocycles. The third-order valence-electron chi connectivity index (χ3n) is 4.07. The predicted molar refractivity (Wildman–Crippen MR) is 74.1 cm³/mol. The highest BCUT2D eigenvalue weighted by atomic mass is 15.2. The molecule has 0 aliphatic heterocycles. The number of nitrogens with one attached hydrogen (secondary N) is 3. The van der Waals surface area contributed by atoms with Crippen molar-refractivity contribution < 1.29 is 0 Å². The zero-order chi connectivity index (χ0) is 12.8. The Labute approximate surface area is 111 Å². The highest BCUT2D eigenvalue weighted by Gasteiger charge is 2.41. The van der Waals surface area contributed by atoms with E-state index in [9.17, 15) is 0 Å². The number of anilines is 2. The molecule has 100 valence electrons. The minimum absolute atomic E-state index is 0.575. The quantitative estimate of drug-likeness (QED) is 0.764. The molecule has 2 fully saturated rings. The van der Waals surface area contributed by atoms with Gasteiger partial charge in [0.15, 0.2) is 11.5 Å². The summed E-state index contributed by atoms with van der Waals surface area (Å²) in [5.74, 6) is 3.17.